The Hall–Kier alpha value is -1.66. The van der Waals surface area contributed by atoms with Gasteiger partial charge in [0, 0.05) is 32.6 Å². The second-order valence-electron chi connectivity index (χ2n) is 5.96. The zero-order chi connectivity index (χ0) is 16.3. The number of carbonyl (C=O) groups excluding carboxylic acids is 2. The first-order valence-corrected chi connectivity index (χ1v) is 6.83. The third kappa shape index (κ3) is 4.99. The number of carbonyl (C=O) groups is 2. The number of hydrogen-bond acceptors (Lipinski definition) is 3. The van der Waals surface area contributed by atoms with Gasteiger partial charge in [-0.25, -0.2) is 4.79 Å². The van der Waals surface area contributed by atoms with E-state index in [9.17, 15) is 18.4 Å². The number of rotatable bonds is 3. The molecular weight excluding hydrogens is 282 g/mol. The highest BCUT2D eigenvalue weighted by Gasteiger charge is 2.42. The van der Waals surface area contributed by atoms with E-state index in [1.165, 1.54) is 4.90 Å². The van der Waals surface area contributed by atoms with Gasteiger partial charge in [0.1, 0.15) is 5.60 Å². The minimum Gasteiger partial charge on any atom is -0.444 e. The van der Waals surface area contributed by atoms with E-state index in [2.05, 4.69) is 6.58 Å². The van der Waals surface area contributed by atoms with Gasteiger partial charge in [-0.3, -0.25) is 4.79 Å². The van der Waals surface area contributed by atoms with Gasteiger partial charge < -0.3 is 14.5 Å². The van der Waals surface area contributed by atoms with Crippen LogP contribution in [0, 0.1) is 0 Å². The molecule has 0 spiro atoms. The van der Waals surface area contributed by atoms with E-state index in [4.69, 9.17) is 4.74 Å². The van der Waals surface area contributed by atoms with Crippen LogP contribution in [0.5, 0.6) is 0 Å². The first-order chi connectivity index (χ1) is 9.57. The Balaban J connectivity index is 2.54. The van der Waals surface area contributed by atoms with E-state index >= 15 is 0 Å². The highest BCUT2D eigenvalue weighted by molar-refractivity contribution is 5.84. The SMILES string of the molecule is C=CCC(F)(F)C(=O)N1CCN(C(=O)OC(C)(C)C)CC1. The zero-order valence-corrected chi connectivity index (χ0v) is 12.7. The number of nitrogens with zero attached hydrogens (tertiary/aromatic N) is 2. The summed E-state index contributed by atoms with van der Waals surface area (Å²) in [5, 5.41) is 0. The number of piperazine rings is 1. The van der Waals surface area contributed by atoms with Crippen LogP contribution in [0.2, 0.25) is 0 Å². The quantitative estimate of drug-likeness (QED) is 0.752. The molecule has 0 atom stereocenters. The second-order valence-corrected chi connectivity index (χ2v) is 5.96. The predicted octanol–water partition coefficient (Wildman–Crippen LogP) is 2.28. The van der Waals surface area contributed by atoms with Crippen molar-refractivity contribution in [1.82, 2.24) is 9.80 Å². The first kappa shape index (κ1) is 17.4. The molecule has 0 saturated carbocycles. The number of hydrogen-bond donors (Lipinski definition) is 0. The maximum absolute atomic E-state index is 13.5. The number of amides is 2. The molecule has 1 fully saturated rings. The van der Waals surface area contributed by atoms with E-state index in [1.807, 2.05) is 0 Å². The molecule has 0 aromatic heterocycles. The average molecular weight is 304 g/mol. The molecule has 120 valence electrons. The summed E-state index contributed by atoms with van der Waals surface area (Å²) in [4.78, 5) is 26.0. The van der Waals surface area contributed by atoms with Crippen LogP contribution in [0.3, 0.4) is 0 Å². The lowest BCUT2D eigenvalue weighted by molar-refractivity contribution is -0.158. The number of halogens is 2. The van der Waals surface area contributed by atoms with E-state index in [0.29, 0.717) is 0 Å². The Bertz CT molecular complexity index is 411. The lowest BCUT2D eigenvalue weighted by atomic mass is 10.2. The highest BCUT2D eigenvalue weighted by Crippen LogP contribution is 2.23. The molecule has 1 saturated heterocycles. The molecule has 0 aromatic carbocycles. The van der Waals surface area contributed by atoms with Gasteiger partial charge in [0.25, 0.3) is 5.91 Å². The van der Waals surface area contributed by atoms with Crippen LogP contribution in [0.25, 0.3) is 0 Å². The summed E-state index contributed by atoms with van der Waals surface area (Å²) in [5.41, 5.74) is -0.610. The Morgan fingerprint density at radius 2 is 1.62 bits per heavy atom. The zero-order valence-electron chi connectivity index (χ0n) is 12.7. The van der Waals surface area contributed by atoms with Crippen molar-refractivity contribution in [2.24, 2.45) is 0 Å². The van der Waals surface area contributed by atoms with Crippen molar-refractivity contribution in [2.75, 3.05) is 26.2 Å². The van der Waals surface area contributed by atoms with Gasteiger partial charge in [0.05, 0.1) is 0 Å². The molecule has 1 rings (SSSR count). The minimum atomic E-state index is -3.43. The predicted molar refractivity (Wildman–Crippen MR) is 74.1 cm³/mol. The smallest absolute Gasteiger partial charge is 0.410 e. The molecule has 0 aromatic rings. The van der Waals surface area contributed by atoms with Crippen LogP contribution in [0.1, 0.15) is 27.2 Å². The summed E-state index contributed by atoms with van der Waals surface area (Å²) in [6.45, 7) is 8.99. The Kier molecular flexibility index (Phi) is 5.31. The molecule has 0 radical (unpaired) electrons. The second kappa shape index (κ2) is 6.41. The van der Waals surface area contributed by atoms with Crippen LogP contribution in [-0.2, 0) is 9.53 Å². The summed E-state index contributed by atoms with van der Waals surface area (Å²) < 4.78 is 32.2. The summed E-state index contributed by atoms with van der Waals surface area (Å²) >= 11 is 0. The van der Waals surface area contributed by atoms with Crippen LogP contribution >= 0.6 is 0 Å². The van der Waals surface area contributed by atoms with Crippen molar-refractivity contribution in [3.63, 3.8) is 0 Å². The van der Waals surface area contributed by atoms with Gasteiger partial charge >= 0.3 is 12.0 Å². The first-order valence-electron chi connectivity index (χ1n) is 6.83. The van der Waals surface area contributed by atoms with E-state index in [0.717, 1.165) is 11.0 Å². The average Bonchev–Trinajstić information content (AvgIpc) is 2.36. The molecule has 0 N–H and O–H groups in total. The third-order valence-corrected chi connectivity index (χ3v) is 2.93. The van der Waals surface area contributed by atoms with Crippen molar-refractivity contribution in [3.8, 4) is 0 Å². The fourth-order valence-corrected chi connectivity index (χ4v) is 1.92. The fourth-order valence-electron chi connectivity index (χ4n) is 1.92. The van der Waals surface area contributed by atoms with E-state index < -0.39 is 29.9 Å². The van der Waals surface area contributed by atoms with Gasteiger partial charge in [-0.2, -0.15) is 8.78 Å². The van der Waals surface area contributed by atoms with Crippen LogP contribution in [0.4, 0.5) is 13.6 Å². The van der Waals surface area contributed by atoms with Gasteiger partial charge in [-0.05, 0) is 20.8 Å². The normalized spacial score (nSPS) is 16.6. The minimum absolute atomic E-state index is 0.0742. The van der Waals surface area contributed by atoms with Crippen LogP contribution in [-0.4, -0.2) is 59.5 Å². The molecule has 1 aliphatic heterocycles. The number of ether oxygens (including phenoxy) is 1. The fraction of sp³-hybridized carbons (Fsp3) is 0.714. The largest absolute Gasteiger partial charge is 0.444 e. The summed E-state index contributed by atoms with van der Waals surface area (Å²) in [6, 6.07) is 0. The third-order valence-electron chi connectivity index (χ3n) is 2.93. The summed E-state index contributed by atoms with van der Waals surface area (Å²) in [5.74, 6) is -4.65. The van der Waals surface area contributed by atoms with Crippen molar-refractivity contribution >= 4 is 12.0 Å². The molecule has 7 heteroatoms. The molecule has 1 heterocycles. The molecular formula is C14H22F2N2O3. The van der Waals surface area contributed by atoms with Crippen molar-refractivity contribution in [3.05, 3.63) is 12.7 Å². The van der Waals surface area contributed by atoms with Gasteiger partial charge in [-0.1, -0.05) is 6.08 Å². The van der Waals surface area contributed by atoms with Gasteiger partial charge in [0.15, 0.2) is 0 Å². The Morgan fingerprint density at radius 1 is 1.14 bits per heavy atom. The number of alkyl halides is 2. The molecule has 21 heavy (non-hydrogen) atoms. The van der Waals surface area contributed by atoms with Crippen molar-refractivity contribution < 1.29 is 23.1 Å². The molecule has 2 amide bonds. The van der Waals surface area contributed by atoms with Crippen LogP contribution in [0.15, 0.2) is 12.7 Å². The maximum atomic E-state index is 13.5. The Morgan fingerprint density at radius 3 is 2.05 bits per heavy atom. The lowest BCUT2D eigenvalue weighted by Crippen LogP contribution is -2.55. The highest BCUT2D eigenvalue weighted by atomic mass is 19.3. The molecule has 0 aliphatic carbocycles. The van der Waals surface area contributed by atoms with E-state index in [-0.39, 0.29) is 26.2 Å². The molecule has 5 nitrogen and oxygen atoms in total. The molecule has 1 aliphatic rings. The topological polar surface area (TPSA) is 49.9 Å². The number of allylic oxidation sites excluding steroid dienone is 1. The van der Waals surface area contributed by atoms with E-state index in [1.54, 1.807) is 20.8 Å². The summed E-state index contributed by atoms with van der Waals surface area (Å²) in [7, 11) is 0. The van der Waals surface area contributed by atoms with Crippen LogP contribution < -0.4 is 0 Å². The monoisotopic (exact) mass is 304 g/mol. The van der Waals surface area contributed by atoms with Gasteiger partial charge in [0.2, 0.25) is 0 Å². The molecule has 0 bridgehead atoms. The van der Waals surface area contributed by atoms with Crippen molar-refractivity contribution in [2.45, 2.75) is 38.7 Å². The van der Waals surface area contributed by atoms with Crippen molar-refractivity contribution in [1.29, 1.82) is 0 Å². The maximum Gasteiger partial charge on any atom is 0.410 e. The lowest BCUT2D eigenvalue weighted by Gasteiger charge is -2.36. The standard InChI is InChI=1S/C14H22F2N2O3/c1-5-6-14(15,16)11(19)17-7-9-18(10-8-17)12(20)21-13(2,3)4/h5H,1,6-10H2,2-4H3. The summed E-state index contributed by atoms with van der Waals surface area (Å²) in [6.07, 6.45) is -0.153. The Labute approximate surface area is 123 Å². The van der Waals surface area contributed by atoms with Gasteiger partial charge in [-0.15, -0.1) is 6.58 Å². The molecule has 0 unspecified atom stereocenters.